The zero-order valence-electron chi connectivity index (χ0n) is 11.8. The van der Waals surface area contributed by atoms with E-state index in [2.05, 4.69) is 5.32 Å². The first-order chi connectivity index (χ1) is 9.56. The summed E-state index contributed by atoms with van der Waals surface area (Å²) in [5.74, 6) is -0.396. The van der Waals surface area contributed by atoms with Crippen molar-refractivity contribution in [1.82, 2.24) is 5.32 Å². The lowest BCUT2D eigenvalue weighted by molar-refractivity contribution is -0.120. The lowest BCUT2D eigenvalue weighted by atomic mass is 9.78. The lowest BCUT2D eigenvalue weighted by Gasteiger charge is -2.36. The van der Waals surface area contributed by atoms with Crippen LogP contribution < -0.4 is 5.32 Å². The standard InChI is InChI=1S/C16H21ClFNO/c1-19-16(8-3-2-4-9-16)11-13(20)10-12-6-5-7-14(17)15(12)18/h5-7,19H,2-4,8-11H2,1H3. The van der Waals surface area contributed by atoms with Gasteiger partial charge in [0.2, 0.25) is 0 Å². The topological polar surface area (TPSA) is 29.1 Å². The second kappa shape index (κ2) is 6.68. The van der Waals surface area contributed by atoms with E-state index < -0.39 is 5.82 Å². The molecule has 1 saturated carbocycles. The Bertz CT molecular complexity index is 483. The zero-order chi connectivity index (χ0) is 14.6. The van der Waals surface area contributed by atoms with Crippen molar-refractivity contribution in [2.24, 2.45) is 0 Å². The third kappa shape index (κ3) is 3.58. The van der Waals surface area contributed by atoms with E-state index in [0.717, 1.165) is 25.7 Å². The normalized spacial score (nSPS) is 17.9. The molecule has 1 fully saturated rings. The molecule has 20 heavy (non-hydrogen) atoms. The number of halogens is 2. The van der Waals surface area contributed by atoms with E-state index in [1.54, 1.807) is 12.1 Å². The van der Waals surface area contributed by atoms with E-state index >= 15 is 0 Å². The molecule has 0 spiro atoms. The van der Waals surface area contributed by atoms with Crippen molar-refractivity contribution >= 4 is 17.4 Å². The summed E-state index contributed by atoms with van der Waals surface area (Å²) in [4.78, 5) is 12.3. The summed E-state index contributed by atoms with van der Waals surface area (Å²) < 4.78 is 13.8. The Morgan fingerprint density at radius 2 is 2.05 bits per heavy atom. The number of benzene rings is 1. The van der Waals surface area contributed by atoms with E-state index in [4.69, 9.17) is 11.6 Å². The molecule has 0 aromatic heterocycles. The molecule has 1 aliphatic carbocycles. The molecule has 0 unspecified atom stereocenters. The molecule has 0 saturated heterocycles. The van der Waals surface area contributed by atoms with Crippen molar-refractivity contribution in [3.63, 3.8) is 0 Å². The van der Waals surface area contributed by atoms with Crippen molar-refractivity contribution in [3.8, 4) is 0 Å². The van der Waals surface area contributed by atoms with Gasteiger partial charge < -0.3 is 5.32 Å². The summed E-state index contributed by atoms with van der Waals surface area (Å²) in [5, 5.41) is 3.40. The molecule has 110 valence electrons. The van der Waals surface area contributed by atoms with Crippen LogP contribution in [0.5, 0.6) is 0 Å². The third-order valence-electron chi connectivity index (χ3n) is 4.30. The van der Waals surface area contributed by atoms with Gasteiger partial charge in [-0.05, 0) is 31.5 Å². The summed E-state index contributed by atoms with van der Waals surface area (Å²) in [6, 6.07) is 4.82. The van der Waals surface area contributed by atoms with Crippen molar-refractivity contribution in [2.75, 3.05) is 7.05 Å². The number of nitrogens with one attached hydrogen (secondary N) is 1. The first-order valence-corrected chi connectivity index (χ1v) is 7.58. The fourth-order valence-electron chi connectivity index (χ4n) is 3.08. The number of Topliss-reactive ketones (excluding diaryl/α,β-unsaturated/α-hetero) is 1. The molecule has 0 amide bonds. The van der Waals surface area contributed by atoms with Gasteiger partial charge in [-0.25, -0.2) is 4.39 Å². The Balaban J connectivity index is 2.03. The number of hydrogen-bond donors (Lipinski definition) is 1. The first-order valence-electron chi connectivity index (χ1n) is 7.20. The van der Waals surface area contributed by atoms with Crippen molar-refractivity contribution in [1.29, 1.82) is 0 Å². The molecule has 2 nitrogen and oxygen atoms in total. The third-order valence-corrected chi connectivity index (χ3v) is 4.59. The van der Waals surface area contributed by atoms with Gasteiger partial charge in [0.15, 0.2) is 0 Å². The van der Waals surface area contributed by atoms with Gasteiger partial charge in [0.05, 0.1) is 5.02 Å². The van der Waals surface area contributed by atoms with Gasteiger partial charge in [-0.1, -0.05) is 43.0 Å². The second-order valence-electron chi connectivity index (χ2n) is 5.70. The summed E-state index contributed by atoms with van der Waals surface area (Å²) in [7, 11) is 1.92. The largest absolute Gasteiger partial charge is 0.314 e. The lowest BCUT2D eigenvalue weighted by Crippen LogP contribution is -2.46. The number of rotatable bonds is 5. The summed E-state index contributed by atoms with van der Waals surface area (Å²) in [6.07, 6.45) is 6.17. The van der Waals surface area contributed by atoms with E-state index in [-0.39, 0.29) is 22.8 Å². The van der Waals surface area contributed by atoms with Gasteiger partial charge in [0.1, 0.15) is 11.6 Å². The van der Waals surface area contributed by atoms with Gasteiger partial charge in [-0.15, -0.1) is 0 Å². The van der Waals surface area contributed by atoms with Crippen LogP contribution >= 0.6 is 11.6 Å². The Morgan fingerprint density at radius 1 is 1.35 bits per heavy atom. The predicted octanol–water partition coefficient (Wildman–Crippen LogP) is 3.90. The molecule has 4 heteroatoms. The van der Waals surface area contributed by atoms with E-state index in [9.17, 15) is 9.18 Å². The molecule has 0 bridgehead atoms. The Morgan fingerprint density at radius 3 is 2.70 bits per heavy atom. The summed E-state index contributed by atoms with van der Waals surface area (Å²) in [5.41, 5.74) is 0.300. The molecular weight excluding hydrogens is 277 g/mol. The Labute approximate surface area is 124 Å². The molecule has 1 N–H and O–H groups in total. The van der Waals surface area contributed by atoms with Gasteiger partial charge >= 0.3 is 0 Å². The zero-order valence-corrected chi connectivity index (χ0v) is 12.6. The van der Waals surface area contributed by atoms with Crippen molar-refractivity contribution in [3.05, 3.63) is 34.6 Å². The van der Waals surface area contributed by atoms with Gasteiger partial charge in [-0.2, -0.15) is 0 Å². The van der Waals surface area contributed by atoms with Gasteiger partial charge in [0, 0.05) is 18.4 Å². The molecule has 1 aliphatic rings. The molecule has 2 rings (SSSR count). The molecule has 1 aromatic carbocycles. The van der Waals surface area contributed by atoms with Crippen LogP contribution in [0, 0.1) is 5.82 Å². The number of carbonyl (C=O) groups is 1. The van der Waals surface area contributed by atoms with Crippen LogP contribution in [0.2, 0.25) is 5.02 Å². The van der Waals surface area contributed by atoms with Crippen molar-refractivity contribution < 1.29 is 9.18 Å². The summed E-state index contributed by atoms with van der Waals surface area (Å²) in [6.45, 7) is 0. The molecule has 1 aromatic rings. The van der Waals surface area contributed by atoms with Crippen LogP contribution in [-0.2, 0) is 11.2 Å². The van der Waals surface area contributed by atoms with E-state index in [1.165, 1.54) is 12.5 Å². The fraction of sp³-hybridized carbons (Fsp3) is 0.562. The first kappa shape index (κ1) is 15.5. The minimum atomic E-state index is -0.468. The maximum atomic E-state index is 13.8. The molecule has 0 heterocycles. The van der Waals surface area contributed by atoms with Crippen molar-refractivity contribution in [2.45, 2.75) is 50.5 Å². The second-order valence-corrected chi connectivity index (χ2v) is 6.10. The molecule has 0 radical (unpaired) electrons. The minimum Gasteiger partial charge on any atom is -0.314 e. The number of carbonyl (C=O) groups excluding carboxylic acids is 1. The Hall–Kier alpha value is -0.930. The van der Waals surface area contributed by atoms with Crippen LogP contribution in [0.15, 0.2) is 18.2 Å². The van der Waals surface area contributed by atoms with Crippen LogP contribution in [0.25, 0.3) is 0 Å². The maximum absolute atomic E-state index is 13.8. The highest BCUT2D eigenvalue weighted by Crippen LogP contribution is 2.31. The average Bonchev–Trinajstić information content (AvgIpc) is 2.45. The SMILES string of the molecule is CNC1(CC(=O)Cc2cccc(Cl)c2F)CCCCC1. The van der Waals surface area contributed by atoms with E-state index in [1.807, 2.05) is 7.05 Å². The van der Waals surface area contributed by atoms with Gasteiger partial charge in [0.25, 0.3) is 0 Å². The molecule has 0 aliphatic heterocycles. The highest BCUT2D eigenvalue weighted by Gasteiger charge is 2.32. The quantitative estimate of drug-likeness (QED) is 0.893. The smallest absolute Gasteiger partial charge is 0.145 e. The van der Waals surface area contributed by atoms with Gasteiger partial charge in [-0.3, -0.25) is 4.79 Å². The Kier molecular flexibility index (Phi) is 5.17. The monoisotopic (exact) mass is 297 g/mol. The maximum Gasteiger partial charge on any atom is 0.145 e. The fourth-order valence-corrected chi connectivity index (χ4v) is 3.28. The van der Waals surface area contributed by atoms with E-state index in [0.29, 0.717) is 12.0 Å². The van der Waals surface area contributed by atoms with Crippen LogP contribution in [0.3, 0.4) is 0 Å². The highest BCUT2D eigenvalue weighted by atomic mass is 35.5. The minimum absolute atomic E-state index is 0.0717. The van der Waals surface area contributed by atoms with Crippen LogP contribution in [0.4, 0.5) is 4.39 Å². The number of hydrogen-bond acceptors (Lipinski definition) is 2. The van der Waals surface area contributed by atoms with Crippen LogP contribution in [-0.4, -0.2) is 18.4 Å². The predicted molar refractivity (Wildman–Crippen MR) is 79.6 cm³/mol. The summed E-state index contributed by atoms with van der Waals surface area (Å²) >= 11 is 5.75. The average molecular weight is 298 g/mol. The number of ketones is 1. The van der Waals surface area contributed by atoms with Crippen LogP contribution in [0.1, 0.15) is 44.1 Å². The molecule has 0 atom stereocenters. The molecular formula is C16H21ClFNO. The highest BCUT2D eigenvalue weighted by molar-refractivity contribution is 6.30.